The minimum Gasteiger partial charge on any atom is -0.348 e. The first-order chi connectivity index (χ1) is 9.24. The number of fused-ring (bicyclic) bond motifs is 1. The highest BCUT2D eigenvalue weighted by Crippen LogP contribution is 2.27. The van der Waals surface area contributed by atoms with Crippen LogP contribution in [-0.2, 0) is 0 Å². The Hall–Kier alpha value is -1.06. The van der Waals surface area contributed by atoms with Gasteiger partial charge in [0.1, 0.15) is 0 Å². The van der Waals surface area contributed by atoms with Crippen molar-refractivity contribution in [1.82, 2.24) is 10.2 Å². The summed E-state index contributed by atoms with van der Waals surface area (Å²) in [6.07, 6.45) is 4.87. The second-order valence-corrected chi connectivity index (χ2v) is 5.91. The maximum atomic E-state index is 12.2. The summed E-state index contributed by atoms with van der Waals surface area (Å²) in [4.78, 5) is 14.7. The summed E-state index contributed by atoms with van der Waals surface area (Å²) >= 11 is 5.84. The zero-order valence-corrected chi connectivity index (χ0v) is 11.7. The zero-order chi connectivity index (χ0) is 13.2. The molecule has 2 aliphatic rings. The molecule has 3 rings (SSSR count). The van der Waals surface area contributed by atoms with Crippen LogP contribution in [0.4, 0.5) is 0 Å². The molecule has 0 aromatic heterocycles. The molecule has 3 nitrogen and oxygen atoms in total. The lowest BCUT2D eigenvalue weighted by atomic mass is 9.99. The van der Waals surface area contributed by atoms with Crippen LogP contribution >= 0.6 is 11.6 Å². The fourth-order valence-electron chi connectivity index (χ4n) is 3.27. The van der Waals surface area contributed by atoms with E-state index in [0.29, 0.717) is 22.7 Å². The molecular weight excluding hydrogens is 260 g/mol. The summed E-state index contributed by atoms with van der Waals surface area (Å²) in [5.41, 5.74) is 0.693. The largest absolute Gasteiger partial charge is 0.348 e. The Morgan fingerprint density at radius 2 is 1.95 bits per heavy atom. The number of amides is 1. The minimum absolute atomic E-state index is 0.0223. The molecule has 2 saturated heterocycles. The smallest absolute Gasteiger partial charge is 0.251 e. The van der Waals surface area contributed by atoms with E-state index in [9.17, 15) is 4.79 Å². The molecule has 102 valence electrons. The van der Waals surface area contributed by atoms with Crippen molar-refractivity contribution in [3.63, 3.8) is 0 Å². The van der Waals surface area contributed by atoms with Crippen LogP contribution in [0.15, 0.2) is 24.3 Å². The Kier molecular flexibility index (Phi) is 3.76. The molecular formula is C15H19ClN2O. The van der Waals surface area contributed by atoms with Crippen molar-refractivity contribution in [2.75, 3.05) is 13.1 Å². The standard InChI is InChI=1S/C15H19ClN2O/c16-12-6-4-11(5-7-12)15(19)17-13-8-10-18-9-2-1-3-14(13)18/h4-7,13-14H,1-3,8-10H2,(H,17,19)/t13-,14-/m1/s1. The predicted octanol–water partition coefficient (Wildman–Crippen LogP) is 2.70. The third-order valence-corrected chi connectivity index (χ3v) is 4.53. The van der Waals surface area contributed by atoms with Gasteiger partial charge in [0.05, 0.1) is 0 Å². The number of benzene rings is 1. The molecule has 0 aliphatic carbocycles. The molecule has 2 aliphatic heterocycles. The molecule has 1 N–H and O–H groups in total. The summed E-state index contributed by atoms with van der Waals surface area (Å²) in [6, 6.07) is 7.94. The van der Waals surface area contributed by atoms with Gasteiger partial charge in [0.2, 0.25) is 0 Å². The van der Waals surface area contributed by atoms with Crippen molar-refractivity contribution in [2.45, 2.75) is 37.8 Å². The summed E-state index contributed by atoms with van der Waals surface area (Å²) in [5.74, 6) is 0.0223. The van der Waals surface area contributed by atoms with Crippen LogP contribution in [0.5, 0.6) is 0 Å². The lowest BCUT2D eigenvalue weighted by Gasteiger charge is -2.32. The summed E-state index contributed by atoms with van der Waals surface area (Å²) in [7, 11) is 0. The molecule has 0 unspecified atom stereocenters. The molecule has 1 aromatic rings. The number of carbonyl (C=O) groups is 1. The number of rotatable bonds is 2. The van der Waals surface area contributed by atoms with E-state index >= 15 is 0 Å². The van der Waals surface area contributed by atoms with Crippen LogP contribution in [0, 0.1) is 0 Å². The highest BCUT2D eigenvalue weighted by Gasteiger charge is 2.36. The minimum atomic E-state index is 0.0223. The quantitative estimate of drug-likeness (QED) is 0.902. The van der Waals surface area contributed by atoms with Gasteiger partial charge in [-0.1, -0.05) is 18.0 Å². The number of nitrogens with zero attached hydrogens (tertiary/aromatic N) is 1. The average molecular weight is 279 g/mol. The topological polar surface area (TPSA) is 32.3 Å². The fraction of sp³-hybridized carbons (Fsp3) is 0.533. The van der Waals surface area contributed by atoms with Gasteiger partial charge >= 0.3 is 0 Å². The maximum Gasteiger partial charge on any atom is 0.251 e. The van der Waals surface area contributed by atoms with Crippen LogP contribution in [-0.4, -0.2) is 36.0 Å². The van der Waals surface area contributed by atoms with Crippen LogP contribution in [0.3, 0.4) is 0 Å². The van der Waals surface area contributed by atoms with Crippen LogP contribution in [0.25, 0.3) is 0 Å². The Morgan fingerprint density at radius 1 is 1.16 bits per heavy atom. The number of piperidine rings is 1. The number of hydrogen-bond acceptors (Lipinski definition) is 2. The number of halogens is 1. The number of carbonyl (C=O) groups excluding carboxylic acids is 1. The Morgan fingerprint density at radius 3 is 2.74 bits per heavy atom. The number of hydrogen-bond donors (Lipinski definition) is 1. The highest BCUT2D eigenvalue weighted by molar-refractivity contribution is 6.30. The third-order valence-electron chi connectivity index (χ3n) is 4.28. The third kappa shape index (κ3) is 2.77. The van der Waals surface area contributed by atoms with E-state index in [0.717, 1.165) is 13.0 Å². The second kappa shape index (κ2) is 5.51. The Balaban J connectivity index is 1.65. The van der Waals surface area contributed by atoms with E-state index in [1.54, 1.807) is 24.3 Å². The monoisotopic (exact) mass is 278 g/mol. The molecule has 2 atom stereocenters. The first-order valence-corrected chi connectivity index (χ1v) is 7.42. The van der Waals surface area contributed by atoms with Crippen molar-refractivity contribution < 1.29 is 4.79 Å². The maximum absolute atomic E-state index is 12.2. The van der Waals surface area contributed by atoms with E-state index in [1.165, 1.54) is 25.8 Å². The van der Waals surface area contributed by atoms with Gasteiger partial charge in [-0.2, -0.15) is 0 Å². The molecule has 0 radical (unpaired) electrons. The molecule has 0 saturated carbocycles. The van der Waals surface area contributed by atoms with Crippen molar-refractivity contribution in [3.8, 4) is 0 Å². The molecule has 0 spiro atoms. The molecule has 4 heteroatoms. The Labute approximate surface area is 118 Å². The normalized spacial score (nSPS) is 27.0. The molecule has 2 heterocycles. The van der Waals surface area contributed by atoms with Gasteiger partial charge in [-0.25, -0.2) is 0 Å². The molecule has 1 aromatic carbocycles. The summed E-state index contributed by atoms with van der Waals surface area (Å²) in [5, 5.41) is 3.85. The van der Waals surface area contributed by atoms with E-state index in [-0.39, 0.29) is 5.91 Å². The van der Waals surface area contributed by atoms with Crippen molar-refractivity contribution in [2.24, 2.45) is 0 Å². The summed E-state index contributed by atoms with van der Waals surface area (Å²) in [6.45, 7) is 2.31. The van der Waals surface area contributed by atoms with E-state index in [1.807, 2.05) is 0 Å². The first-order valence-electron chi connectivity index (χ1n) is 7.04. The predicted molar refractivity (Wildman–Crippen MR) is 76.5 cm³/mol. The fourth-order valence-corrected chi connectivity index (χ4v) is 3.39. The molecule has 2 fully saturated rings. The lowest BCUT2D eigenvalue weighted by Crippen LogP contribution is -2.46. The van der Waals surface area contributed by atoms with Crippen LogP contribution < -0.4 is 5.32 Å². The molecule has 0 bridgehead atoms. The van der Waals surface area contributed by atoms with Crippen molar-refractivity contribution in [1.29, 1.82) is 0 Å². The van der Waals surface area contributed by atoms with E-state index in [2.05, 4.69) is 10.2 Å². The zero-order valence-electron chi connectivity index (χ0n) is 10.9. The van der Waals surface area contributed by atoms with E-state index < -0.39 is 0 Å². The van der Waals surface area contributed by atoms with E-state index in [4.69, 9.17) is 11.6 Å². The van der Waals surface area contributed by atoms with Gasteiger partial charge in [0.15, 0.2) is 0 Å². The van der Waals surface area contributed by atoms with Crippen molar-refractivity contribution in [3.05, 3.63) is 34.9 Å². The van der Waals surface area contributed by atoms with Crippen LogP contribution in [0.2, 0.25) is 5.02 Å². The van der Waals surface area contributed by atoms with Gasteiger partial charge in [-0.3, -0.25) is 9.69 Å². The first kappa shape index (κ1) is 12.9. The lowest BCUT2D eigenvalue weighted by molar-refractivity contribution is 0.0915. The van der Waals surface area contributed by atoms with Crippen LogP contribution in [0.1, 0.15) is 36.0 Å². The SMILES string of the molecule is O=C(N[C@@H]1CCN2CCCC[C@H]12)c1ccc(Cl)cc1. The van der Waals surface area contributed by atoms with Gasteiger partial charge in [-0.15, -0.1) is 0 Å². The van der Waals surface area contributed by atoms with Gasteiger partial charge < -0.3 is 5.32 Å². The average Bonchev–Trinajstić information content (AvgIpc) is 2.83. The Bertz CT molecular complexity index is 460. The van der Waals surface area contributed by atoms with Gasteiger partial charge in [-0.05, 0) is 50.1 Å². The number of nitrogens with one attached hydrogen (secondary N) is 1. The molecule has 1 amide bonds. The van der Waals surface area contributed by atoms with Gasteiger partial charge in [0.25, 0.3) is 5.91 Å². The summed E-state index contributed by atoms with van der Waals surface area (Å²) < 4.78 is 0. The molecule has 19 heavy (non-hydrogen) atoms. The second-order valence-electron chi connectivity index (χ2n) is 5.47. The van der Waals surface area contributed by atoms with Crippen molar-refractivity contribution >= 4 is 17.5 Å². The van der Waals surface area contributed by atoms with Gasteiger partial charge in [0, 0.05) is 29.2 Å². The highest BCUT2D eigenvalue weighted by atomic mass is 35.5.